The van der Waals surface area contributed by atoms with Gasteiger partial charge in [-0.3, -0.25) is 9.52 Å². The van der Waals surface area contributed by atoms with Crippen molar-refractivity contribution in [3.8, 4) is 22.6 Å². The number of pyridine rings is 1. The number of ether oxygens (including phenoxy) is 1. The predicted molar refractivity (Wildman–Crippen MR) is 123 cm³/mol. The molecule has 33 heavy (non-hydrogen) atoms. The fourth-order valence-electron chi connectivity index (χ4n) is 3.53. The van der Waals surface area contributed by atoms with Crippen LogP contribution in [0.15, 0.2) is 64.1 Å². The largest absolute Gasteiger partial charge is 0.456 e. The monoisotopic (exact) mass is 469 g/mol. The molecule has 0 amide bonds. The highest BCUT2D eigenvalue weighted by molar-refractivity contribution is 7.95. The number of aromatic nitrogens is 2. The third-order valence-electron chi connectivity index (χ3n) is 5.05. The van der Waals surface area contributed by atoms with Crippen LogP contribution in [0.5, 0.6) is 11.5 Å². The standard InChI is InChI=1S/C23H20FN3O5S/c1-5-33(29,30)26-16-6-7-19(32-21-13(2)8-15(24)9-14(21)3)17(10-16)18-11-27(4)23(28)22-20(18)25-12-31-22/h5-12,26H,1H2,2-4H3. The predicted octanol–water partition coefficient (Wildman–Crippen LogP) is 4.63. The van der Waals surface area contributed by atoms with Crippen molar-refractivity contribution in [2.75, 3.05) is 4.72 Å². The quantitative estimate of drug-likeness (QED) is 0.442. The fourth-order valence-corrected chi connectivity index (χ4v) is 4.07. The highest BCUT2D eigenvalue weighted by Gasteiger charge is 2.19. The van der Waals surface area contributed by atoms with Crippen LogP contribution >= 0.6 is 0 Å². The van der Waals surface area contributed by atoms with Crippen LogP contribution in [-0.4, -0.2) is 18.0 Å². The number of nitrogens with zero attached hydrogens (tertiary/aromatic N) is 2. The molecule has 4 rings (SSSR count). The molecule has 2 heterocycles. The van der Waals surface area contributed by atoms with E-state index in [0.717, 1.165) is 11.8 Å². The van der Waals surface area contributed by atoms with E-state index in [2.05, 4.69) is 16.3 Å². The third kappa shape index (κ3) is 4.24. The van der Waals surface area contributed by atoms with E-state index in [1.807, 2.05) is 0 Å². The second kappa shape index (κ2) is 8.21. The maximum atomic E-state index is 13.8. The van der Waals surface area contributed by atoms with Gasteiger partial charge < -0.3 is 13.7 Å². The molecule has 170 valence electrons. The maximum Gasteiger partial charge on any atom is 0.295 e. The number of sulfonamides is 1. The highest BCUT2D eigenvalue weighted by atomic mass is 32.2. The van der Waals surface area contributed by atoms with E-state index in [1.165, 1.54) is 22.8 Å². The van der Waals surface area contributed by atoms with Crippen molar-refractivity contribution < 1.29 is 22.0 Å². The van der Waals surface area contributed by atoms with Crippen molar-refractivity contribution in [2.45, 2.75) is 13.8 Å². The zero-order valence-corrected chi connectivity index (χ0v) is 18.9. The van der Waals surface area contributed by atoms with Gasteiger partial charge in [-0.2, -0.15) is 0 Å². The molecule has 0 saturated heterocycles. The van der Waals surface area contributed by atoms with Crippen molar-refractivity contribution in [1.29, 1.82) is 0 Å². The summed E-state index contributed by atoms with van der Waals surface area (Å²) in [5.41, 5.74) is 2.30. The van der Waals surface area contributed by atoms with Crippen molar-refractivity contribution in [2.24, 2.45) is 7.05 Å². The van der Waals surface area contributed by atoms with Gasteiger partial charge >= 0.3 is 0 Å². The lowest BCUT2D eigenvalue weighted by Crippen LogP contribution is -2.16. The molecule has 1 N–H and O–H groups in total. The molecule has 4 aromatic rings. The molecule has 0 unspecified atom stereocenters. The van der Waals surface area contributed by atoms with Crippen molar-refractivity contribution in [3.05, 3.63) is 82.2 Å². The molecule has 0 radical (unpaired) electrons. The second-order valence-corrected chi connectivity index (χ2v) is 9.11. The maximum absolute atomic E-state index is 13.8. The van der Waals surface area contributed by atoms with E-state index in [4.69, 9.17) is 9.15 Å². The molecule has 0 aliphatic heterocycles. The summed E-state index contributed by atoms with van der Waals surface area (Å²) in [7, 11) is -2.20. The first-order valence-electron chi connectivity index (χ1n) is 9.76. The molecule has 0 bridgehead atoms. The summed E-state index contributed by atoms with van der Waals surface area (Å²) in [4.78, 5) is 16.6. The number of hydrogen-bond acceptors (Lipinski definition) is 6. The summed E-state index contributed by atoms with van der Waals surface area (Å²) in [6, 6.07) is 7.37. The number of benzene rings is 2. The smallest absolute Gasteiger partial charge is 0.295 e. The molecule has 0 aliphatic carbocycles. The second-order valence-electron chi connectivity index (χ2n) is 7.48. The molecular weight excluding hydrogens is 449 g/mol. The Labute approximate surface area is 189 Å². The highest BCUT2D eigenvalue weighted by Crippen LogP contribution is 2.40. The zero-order chi connectivity index (χ0) is 23.9. The lowest BCUT2D eigenvalue weighted by Gasteiger charge is -2.17. The van der Waals surface area contributed by atoms with Gasteiger partial charge in [0.1, 0.15) is 22.8 Å². The minimum absolute atomic E-state index is 0.0483. The Balaban J connectivity index is 1.96. The molecule has 0 spiro atoms. The minimum atomic E-state index is -3.77. The number of hydrogen-bond donors (Lipinski definition) is 1. The molecule has 0 saturated carbocycles. The first-order valence-corrected chi connectivity index (χ1v) is 11.3. The summed E-state index contributed by atoms with van der Waals surface area (Å²) < 4.78 is 53.0. The van der Waals surface area contributed by atoms with E-state index >= 15 is 0 Å². The Morgan fingerprint density at radius 1 is 1.18 bits per heavy atom. The third-order valence-corrected chi connectivity index (χ3v) is 6.01. The van der Waals surface area contributed by atoms with Gasteiger partial charge in [0.15, 0.2) is 6.39 Å². The Hall–Kier alpha value is -3.92. The number of fused-ring (bicyclic) bond motifs is 1. The van der Waals surface area contributed by atoms with Gasteiger partial charge in [0.25, 0.3) is 15.6 Å². The number of nitrogens with one attached hydrogen (secondary N) is 1. The average molecular weight is 469 g/mol. The Kier molecular flexibility index (Phi) is 5.54. The lowest BCUT2D eigenvalue weighted by atomic mass is 10.0. The molecule has 0 fully saturated rings. The summed E-state index contributed by atoms with van der Waals surface area (Å²) >= 11 is 0. The van der Waals surface area contributed by atoms with E-state index < -0.39 is 10.0 Å². The normalized spacial score (nSPS) is 11.5. The van der Waals surface area contributed by atoms with E-state index in [1.54, 1.807) is 39.2 Å². The van der Waals surface area contributed by atoms with E-state index in [0.29, 0.717) is 39.3 Å². The molecular formula is C23H20FN3O5S. The zero-order valence-electron chi connectivity index (χ0n) is 18.0. The SMILES string of the molecule is C=CS(=O)(=O)Nc1ccc(Oc2c(C)cc(F)cc2C)c(-c2cn(C)c(=O)c3ocnc23)c1. The summed E-state index contributed by atoms with van der Waals surface area (Å²) in [5.74, 6) is 0.421. The van der Waals surface area contributed by atoms with Crippen LogP contribution in [0.3, 0.4) is 0 Å². The number of anilines is 1. The Morgan fingerprint density at radius 2 is 1.88 bits per heavy atom. The van der Waals surface area contributed by atoms with Crippen molar-refractivity contribution >= 4 is 26.8 Å². The van der Waals surface area contributed by atoms with Crippen molar-refractivity contribution in [3.63, 3.8) is 0 Å². The van der Waals surface area contributed by atoms with Gasteiger partial charge in [0.2, 0.25) is 5.58 Å². The molecule has 0 atom stereocenters. The number of halogens is 1. The van der Waals surface area contributed by atoms with Gasteiger partial charge in [-0.1, -0.05) is 6.58 Å². The molecule has 2 aromatic carbocycles. The number of rotatable bonds is 6. The van der Waals surface area contributed by atoms with Gasteiger partial charge in [-0.15, -0.1) is 0 Å². The molecule has 10 heteroatoms. The summed E-state index contributed by atoms with van der Waals surface area (Å²) in [6.45, 7) is 6.74. The van der Waals surface area contributed by atoms with Gasteiger partial charge in [0, 0.05) is 35.5 Å². The molecule has 0 aliphatic rings. The van der Waals surface area contributed by atoms with Gasteiger partial charge in [-0.05, 0) is 55.3 Å². The van der Waals surface area contributed by atoms with E-state index in [9.17, 15) is 17.6 Å². The Morgan fingerprint density at radius 3 is 2.55 bits per heavy atom. The first kappa shape index (κ1) is 22.3. The average Bonchev–Trinajstić information content (AvgIpc) is 3.24. The van der Waals surface area contributed by atoms with Gasteiger partial charge in [-0.25, -0.2) is 17.8 Å². The van der Waals surface area contributed by atoms with Crippen LogP contribution in [0.2, 0.25) is 0 Å². The topological polar surface area (TPSA) is 103 Å². The number of oxazole rings is 1. The van der Waals surface area contributed by atoms with Crippen molar-refractivity contribution in [1.82, 2.24) is 9.55 Å². The molecule has 8 nitrogen and oxygen atoms in total. The van der Waals surface area contributed by atoms with Crippen LogP contribution in [0.25, 0.3) is 22.2 Å². The summed E-state index contributed by atoms with van der Waals surface area (Å²) in [5, 5.41) is 0.796. The number of aryl methyl sites for hydroxylation is 3. The summed E-state index contributed by atoms with van der Waals surface area (Å²) in [6.07, 6.45) is 2.72. The van der Waals surface area contributed by atoms with Crippen LogP contribution < -0.4 is 15.0 Å². The Bertz CT molecular complexity index is 1550. The van der Waals surface area contributed by atoms with Gasteiger partial charge in [0.05, 0.1) is 0 Å². The lowest BCUT2D eigenvalue weighted by molar-refractivity contribution is 0.474. The van der Waals surface area contributed by atoms with E-state index in [-0.39, 0.29) is 22.6 Å². The van der Waals surface area contributed by atoms with Crippen LogP contribution in [0.4, 0.5) is 10.1 Å². The van der Waals surface area contributed by atoms with Crippen LogP contribution in [-0.2, 0) is 17.1 Å². The first-order chi connectivity index (χ1) is 15.6. The fraction of sp³-hybridized carbons (Fsp3) is 0.130. The van der Waals surface area contributed by atoms with Crippen LogP contribution in [0.1, 0.15) is 11.1 Å². The van der Waals surface area contributed by atoms with Crippen LogP contribution in [0, 0.1) is 19.7 Å². The molecule has 2 aromatic heterocycles. The minimum Gasteiger partial charge on any atom is -0.456 e.